The van der Waals surface area contributed by atoms with E-state index < -0.39 is 29.3 Å². The van der Waals surface area contributed by atoms with E-state index in [-0.39, 0.29) is 33.4 Å². The number of carbonyl (C=O) groups is 1. The Morgan fingerprint density at radius 2 is 2.00 bits per heavy atom. The first-order chi connectivity index (χ1) is 17.0. The number of halogens is 4. The second-order valence-corrected chi connectivity index (χ2v) is 10.2. The number of nitrogens with one attached hydrogen (secondary N) is 1. The molecule has 1 aliphatic carbocycles. The van der Waals surface area contributed by atoms with Crippen molar-refractivity contribution in [1.29, 1.82) is 0 Å². The zero-order valence-corrected chi connectivity index (χ0v) is 21.7. The Morgan fingerprint density at radius 1 is 1.33 bits per heavy atom. The van der Waals surface area contributed by atoms with Crippen molar-refractivity contribution in [3.8, 4) is 22.8 Å². The standard InChI is InChI=1S/C23H29ClF3N3O5S/c1-4-30-21(17-10-7-15(11-18(17)34-3)35-13(2)23(25,26)27)19(24)20(29-30)22(31)28-12-14-5-8-16(9-6-14)36(32)33/h7,10-11,13-14,16H,4-6,8-9,12H2,1-3H3,(H,28,31)(H,32,33). The van der Waals surface area contributed by atoms with Crippen molar-refractivity contribution >= 4 is 28.6 Å². The Kier molecular flexibility index (Phi) is 9.28. The highest BCUT2D eigenvalue weighted by molar-refractivity contribution is 7.79. The molecule has 1 aliphatic rings. The summed E-state index contributed by atoms with van der Waals surface area (Å²) in [5.74, 6) is -0.0913. The smallest absolute Gasteiger partial charge is 0.425 e. The number of aromatic nitrogens is 2. The average molecular weight is 552 g/mol. The molecule has 1 aromatic heterocycles. The summed E-state index contributed by atoms with van der Waals surface area (Å²) in [5, 5.41) is 7.06. The summed E-state index contributed by atoms with van der Waals surface area (Å²) in [4.78, 5) is 12.9. The number of hydrogen-bond donors (Lipinski definition) is 2. The molecule has 2 atom stereocenters. The van der Waals surface area contributed by atoms with Crippen molar-refractivity contribution in [3.63, 3.8) is 0 Å². The fourth-order valence-corrected chi connectivity index (χ4v) is 5.14. The molecule has 1 aromatic carbocycles. The number of carbonyl (C=O) groups excluding carboxylic acids is 1. The van der Waals surface area contributed by atoms with Crippen molar-refractivity contribution in [2.75, 3.05) is 13.7 Å². The molecule has 0 saturated heterocycles. The van der Waals surface area contributed by atoms with Crippen molar-refractivity contribution in [1.82, 2.24) is 15.1 Å². The van der Waals surface area contributed by atoms with E-state index in [9.17, 15) is 26.7 Å². The van der Waals surface area contributed by atoms with E-state index >= 15 is 0 Å². The largest absolute Gasteiger partial charge is 0.496 e. The highest BCUT2D eigenvalue weighted by Crippen LogP contribution is 2.39. The SMILES string of the molecule is CCn1nc(C(=O)NCC2CCC(S(=O)O)CC2)c(Cl)c1-c1ccc(OC(C)C(F)(F)F)cc1OC. The molecule has 3 rings (SSSR count). The molecule has 1 heterocycles. The number of nitrogens with zero attached hydrogens (tertiary/aromatic N) is 2. The molecule has 1 amide bonds. The highest BCUT2D eigenvalue weighted by Gasteiger charge is 2.38. The monoisotopic (exact) mass is 551 g/mol. The first-order valence-electron chi connectivity index (χ1n) is 11.5. The number of rotatable bonds is 9. The maximum atomic E-state index is 12.9. The van der Waals surface area contributed by atoms with Crippen LogP contribution in [0.5, 0.6) is 11.5 Å². The van der Waals surface area contributed by atoms with Crippen LogP contribution >= 0.6 is 11.6 Å². The number of methoxy groups -OCH3 is 1. The van der Waals surface area contributed by atoms with Crippen LogP contribution in [0.2, 0.25) is 5.02 Å². The van der Waals surface area contributed by atoms with Gasteiger partial charge in [-0.05, 0) is 57.6 Å². The summed E-state index contributed by atoms with van der Waals surface area (Å²) in [6, 6.07) is 4.22. The summed E-state index contributed by atoms with van der Waals surface area (Å²) >= 11 is 4.76. The molecule has 0 radical (unpaired) electrons. The first kappa shape index (κ1) is 28.3. The van der Waals surface area contributed by atoms with Gasteiger partial charge in [-0.2, -0.15) is 18.3 Å². The maximum Gasteiger partial charge on any atom is 0.425 e. The van der Waals surface area contributed by atoms with Crippen LogP contribution in [-0.4, -0.2) is 55.6 Å². The molecule has 0 spiro atoms. The summed E-state index contributed by atoms with van der Waals surface area (Å²) in [7, 11) is 1.37. The predicted octanol–water partition coefficient (Wildman–Crippen LogP) is 5.07. The predicted molar refractivity (Wildman–Crippen MR) is 130 cm³/mol. The van der Waals surface area contributed by atoms with Crippen molar-refractivity contribution in [3.05, 3.63) is 28.9 Å². The third kappa shape index (κ3) is 6.51. The molecular weight excluding hydrogens is 523 g/mol. The lowest BCUT2D eigenvalue weighted by Gasteiger charge is -2.26. The van der Waals surface area contributed by atoms with Crippen molar-refractivity contribution in [2.24, 2.45) is 5.92 Å². The molecule has 200 valence electrons. The lowest BCUT2D eigenvalue weighted by Crippen LogP contribution is -2.33. The van der Waals surface area contributed by atoms with E-state index in [0.717, 1.165) is 19.8 Å². The number of amides is 1. The summed E-state index contributed by atoms with van der Waals surface area (Å²) in [5.41, 5.74) is 0.854. The minimum atomic E-state index is -4.52. The number of ether oxygens (including phenoxy) is 2. The van der Waals surface area contributed by atoms with Crippen LogP contribution < -0.4 is 14.8 Å². The zero-order chi connectivity index (χ0) is 26.6. The third-order valence-corrected chi connectivity index (χ3v) is 7.64. The number of benzene rings is 1. The molecule has 36 heavy (non-hydrogen) atoms. The normalized spacial score (nSPS) is 20.0. The van der Waals surface area contributed by atoms with Crippen LogP contribution in [0.15, 0.2) is 18.2 Å². The molecular formula is C23H29ClF3N3O5S. The van der Waals surface area contributed by atoms with E-state index in [1.54, 1.807) is 0 Å². The van der Waals surface area contributed by atoms with Gasteiger partial charge in [-0.3, -0.25) is 9.48 Å². The second-order valence-electron chi connectivity index (χ2n) is 8.62. The van der Waals surface area contributed by atoms with Gasteiger partial charge in [0.25, 0.3) is 5.91 Å². The van der Waals surface area contributed by atoms with Gasteiger partial charge in [0.2, 0.25) is 0 Å². The number of hydrogen-bond acceptors (Lipinski definition) is 5. The summed E-state index contributed by atoms with van der Waals surface area (Å²) in [6.45, 7) is 3.48. The molecule has 2 aromatic rings. The molecule has 2 unspecified atom stereocenters. The molecule has 2 N–H and O–H groups in total. The van der Waals surface area contributed by atoms with E-state index in [2.05, 4.69) is 10.4 Å². The van der Waals surface area contributed by atoms with E-state index in [1.807, 2.05) is 6.92 Å². The molecule has 0 bridgehead atoms. The van der Waals surface area contributed by atoms with Crippen LogP contribution in [-0.2, 0) is 17.6 Å². The van der Waals surface area contributed by atoms with Gasteiger partial charge in [0.1, 0.15) is 11.5 Å². The minimum absolute atomic E-state index is 0.0201. The Labute approximate surface area is 214 Å². The van der Waals surface area contributed by atoms with Gasteiger partial charge in [-0.15, -0.1) is 0 Å². The maximum absolute atomic E-state index is 12.9. The molecule has 0 aliphatic heterocycles. The van der Waals surface area contributed by atoms with Crippen LogP contribution in [0.25, 0.3) is 11.3 Å². The molecule has 1 saturated carbocycles. The minimum Gasteiger partial charge on any atom is -0.496 e. The van der Waals surface area contributed by atoms with E-state index in [0.29, 0.717) is 37.2 Å². The van der Waals surface area contributed by atoms with Gasteiger partial charge >= 0.3 is 6.18 Å². The van der Waals surface area contributed by atoms with Crippen molar-refractivity contribution in [2.45, 2.75) is 63.6 Å². The number of aryl methyl sites for hydroxylation is 1. The highest BCUT2D eigenvalue weighted by atomic mass is 35.5. The van der Waals surface area contributed by atoms with Crippen molar-refractivity contribution < 1.29 is 36.2 Å². The third-order valence-electron chi connectivity index (χ3n) is 6.24. The Balaban J connectivity index is 1.78. The van der Waals surface area contributed by atoms with Gasteiger partial charge in [0.05, 0.1) is 23.1 Å². The molecule has 8 nitrogen and oxygen atoms in total. The van der Waals surface area contributed by atoms with Crippen LogP contribution in [0.4, 0.5) is 13.2 Å². The Morgan fingerprint density at radius 3 is 2.56 bits per heavy atom. The second kappa shape index (κ2) is 11.8. The summed E-state index contributed by atoms with van der Waals surface area (Å²) < 4.78 is 71.0. The quantitative estimate of drug-likeness (QED) is 0.422. The van der Waals surface area contributed by atoms with E-state index in [1.165, 1.54) is 30.0 Å². The van der Waals surface area contributed by atoms with Gasteiger partial charge in [-0.25, -0.2) is 4.21 Å². The van der Waals surface area contributed by atoms with Crippen LogP contribution in [0.3, 0.4) is 0 Å². The number of alkyl halides is 3. The zero-order valence-electron chi connectivity index (χ0n) is 20.1. The fraction of sp³-hybridized carbons (Fsp3) is 0.565. The Bertz CT molecular complexity index is 1100. The van der Waals surface area contributed by atoms with E-state index in [4.69, 9.17) is 21.1 Å². The Hall–Kier alpha value is -2.31. The van der Waals surface area contributed by atoms with Gasteiger partial charge in [0.15, 0.2) is 22.9 Å². The first-order valence-corrected chi connectivity index (χ1v) is 13.1. The lowest BCUT2D eigenvalue weighted by molar-refractivity contribution is -0.189. The van der Waals surface area contributed by atoms with Gasteiger partial charge < -0.3 is 19.3 Å². The average Bonchev–Trinajstić information content (AvgIpc) is 3.18. The lowest BCUT2D eigenvalue weighted by atomic mass is 9.89. The van der Waals surface area contributed by atoms with Crippen LogP contribution in [0.1, 0.15) is 50.0 Å². The van der Waals surface area contributed by atoms with Gasteiger partial charge in [-0.1, -0.05) is 11.6 Å². The van der Waals surface area contributed by atoms with Gasteiger partial charge in [0, 0.05) is 24.7 Å². The topological polar surface area (TPSA) is 103 Å². The fourth-order valence-electron chi connectivity index (χ4n) is 4.14. The molecule has 13 heteroatoms. The molecule has 1 fully saturated rings. The van der Waals surface area contributed by atoms with Crippen LogP contribution in [0, 0.1) is 5.92 Å². The summed E-state index contributed by atoms with van der Waals surface area (Å²) in [6.07, 6.45) is -3.80.